The first kappa shape index (κ1) is 8.50. The maximum absolute atomic E-state index is 6.78. The van der Waals surface area contributed by atoms with Gasteiger partial charge in [-0.3, -0.25) is 5.41 Å². The summed E-state index contributed by atoms with van der Waals surface area (Å²) >= 11 is 5.22. The van der Waals surface area contributed by atoms with Gasteiger partial charge in [-0.05, 0) is 26.1 Å². The summed E-state index contributed by atoms with van der Waals surface area (Å²) in [7, 11) is 0. The third-order valence-electron chi connectivity index (χ3n) is 0.659. The van der Waals surface area contributed by atoms with Crippen LogP contribution in [0.5, 0.6) is 0 Å². The third kappa shape index (κ3) is 7.50. The van der Waals surface area contributed by atoms with Crippen molar-refractivity contribution in [2.45, 2.75) is 19.9 Å². The average Bonchev–Trinajstić information content (AvgIpc) is 1.63. The highest BCUT2D eigenvalue weighted by Gasteiger charge is 1.83. The number of allylic oxidation sites excluding steroid dienone is 1. The van der Waals surface area contributed by atoms with Crippen LogP contribution in [0.4, 0.5) is 0 Å². The van der Waals surface area contributed by atoms with Gasteiger partial charge >= 0.3 is 0 Å². The fourth-order valence-electron chi connectivity index (χ4n) is 0.314. The molecule has 0 aliphatic carbocycles. The summed E-state index contributed by atoms with van der Waals surface area (Å²) in [5, 5.41) is 9.79. The quantitative estimate of drug-likeness (QED) is 0.585. The highest BCUT2D eigenvalue weighted by Crippen LogP contribution is 1.82. The molecule has 9 heavy (non-hydrogen) atoms. The Morgan fingerprint density at radius 3 is 2.56 bits per heavy atom. The summed E-state index contributed by atoms with van der Waals surface area (Å²) in [4.78, 5) is 0. The molecule has 0 bridgehead atoms. The lowest BCUT2D eigenvalue weighted by Crippen LogP contribution is -2.15. The van der Waals surface area contributed by atoms with Gasteiger partial charge in [0.25, 0.3) is 0 Å². The number of halogens is 1. The Bertz CT molecular complexity index is 118. The summed E-state index contributed by atoms with van der Waals surface area (Å²) in [6.07, 6.45) is 3.17. The van der Waals surface area contributed by atoms with Crippen LogP contribution in [-0.2, 0) is 0 Å². The second-order valence-electron chi connectivity index (χ2n) is 2.00. The van der Waals surface area contributed by atoms with Crippen LogP contribution < -0.4 is 5.32 Å². The van der Waals surface area contributed by atoms with Crippen molar-refractivity contribution in [1.82, 2.24) is 5.32 Å². The lowest BCUT2D eigenvalue weighted by Gasteiger charge is -2.01. The van der Waals surface area contributed by atoms with Crippen molar-refractivity contribution in [2.75, 3.05) is 0 Å². The van der Waals surface area contributed by atoms with E-state index in [1.54, 1.807) is 6.20 Å². The highest BCUT2D eigenvalue weighted by atomic mass is 35.5. The lowest BCUT2D eigenvalue weighted by atomic mass is 10.4. The van der Waals surface area contributed by atoms with Crippen molar-refractivity contribution in [2.24, 2.45) is 0 Å². The van der Waals surface area contributed by atoms with Gasteiger partial charge in [-0.15, -0.1) is 0 Å². The standard InChI is InChI=1S/C6H11ClN2/c1-5(2)9-4-3-6(7)8/h3-5,8-9H,1-2H3. The fourth-order valence-corrected chi connectivity index (χ4v) is 0.377. The van der Waals surface area contributed by atoms with Gasteiger partial charge in [-0.1, -0.05) is 11.6 Å². The van der Waals surface area contributed by atoms with Crippen molar-refractivity contribution in [1.29, 1.82) is 5.41 Å². The molecule has 3 heteroatoms. The zero-order valence-corrected chi connectivity index (χ0v) is 6.37. The molecule has 0 amide bonds. The van der Waals surface area contributed by atoms with Crippen molar-refractivity contribution in [3.05, 3.63) is 12.3 Å². The predicted octanol–water partition coefficient (Wildman–Crippen LogP) is 1.71. The van der Waals surface area contributed by atoms with Crippen LogP contribution in [0.3, 0.4) is 0 Å². The molecule has 2 nitrogen and oxygen atoms in total. The molecule has 52 valence electrons. The van der Waals surface area contributed by atoms with Gasteiger partial charge < -0.3 is 5.32 Å². The van der Waals surface area contributed by atoms with E-state index in [-0.39, 0.29) is 5.17 Å². The van der Waals surface area contributed by atoms with Crippen LogP contribution in [0, 0.1) is 5.41 Å². The van der Waals surface area contributed by atoms with Gasteiger partial charge in [0.1, 0.15) is 5.17 Å². The van der Waals surface area contributed by atoms with Crippen LogP contribution in [-0.4, -0.2) is 11.2 Å². The average molecular weight is 147 g/mol. The third-order valence-corrected chi connectivity index (χ3v) is 0.785. The van der Waals surface area contributed by atoms with Crippen LogP contribution in [0.15, 0.2) is 12.3 Å². The Balaban J connectivity index is 3.36. The number of hydrogen-bond donors (Lipinski definition) is 2. The largest absolute Gasteiger partial charge is 0.389 e. The first-order chi connectivity index (χ1) is 4.13. The second-order valence-corrected chi connectivity index (χ2v) is 2.41. The van der Waals surface area contributed by atoms with E-state index in [9.17, 15) is 0 Å². The van der Waals surface area contributed by atoms with Gasteiger partial charge in [0.05, 0.1) is 0 Å². The molecule has 0 heterocycles. The molecule has 0 aromatic rings. The SMILES string of the molecule is CC(C)NC=CC(=N)Cl. The van der Waals surface area contributed by atoms with E-state index < -0.39 is 0 Å². The molecule has 0 fully saturated rings. The summed E-state index contributed by atoms with van der Waals surface area (Å²) in [5.74, 6) is 0. The molecule has 0 aromatic carbocycles. The van der Waals surface area contributed by atoms with Crippen LogP contribution in [0.1, 0.15) is 13.8 Å². The van der Waals surface area contributed by atoms with Crippen molar-refractivity contribution in [3.8, 4) is 0 Å². The molecule has 0 saturated heterocycles. The predicted molar refractivity (Wildman–Crippen MR) is 41.0 cm³/mol. The molecule has 0 unspecified atom stereocenters. The van der Waals surface area contributed by atoms with E-state index in [1.165, 1.54) is 6.08 Å². The van der Waals surface area contributed by atoms with Crippen molar-refractivity contribution < 1.29 is 0 Å². The zero-order chi connectivity index (χ0) is 7.28. The second kappa shape index (κ2) is 4.39. The first-order valence-corrected chi connectivity index (χ1v) is 3.17. The molecule has 0 aliphatic rings. The number of nitrogens with one attached hydrogen (secondary N) is 2. The minimum atomic E-state index is 0.0446. The van der Waals surface area contributed by atoms with Gasteiger partial charge in [0.2, 0.25) is 0 Å². The Hall–Kier alpha value is -0.500. The lowest BCUT2D eigenvalue weighted by molar-refractivity contribution is 0.703. The fraction of sp³-hybridized carbons (Fsp3) is 0.500. The first-order valence-electron chi connectivity index (χ1n) is 2.79. The molecular weight excluding hydrogens is 136 g/mol. The normalized spacial score (nSPS) is 10.7. The van der Waals surface area contributed by atoms with Crippen molar-refractivity contribution >= 4 is 16.8 Å². The van der Waals surface area contributed by atoms with E-state index in [4.69, 9.17) is 17.0 Å². The molecule has 2 N–H and O–H groups in total. The maximum Gasteiger partial charge on any atom is 0.122 e. The Labute approximate surface area is 60.4 Å². The number of rotatable bonds is 3. The minimum Gasteiger partial charge on any atom is -0.389 e. The van der Waals surface area contributed by atoms with Gasteiger partial charge in [-0.25, -0.2) is 0 Å². The van der Waals surface area contributed by atoms with Gasteiger partial charge in [0, 0.05) is 6.04 Å². The summed E-state index contributed by atoms with van der Waals surface area (Å²) < 4.78 is 0. The Morgan fingerprint density at radius 2 is 2.22 bits per heavy atom. The summed E-state index contributed by atoms with van der Waals surface area (Å²) in [6, 6.07) is 0.400. The van der Waals surface area contributed by atoms with E-state index in [0.29, 0.717) is 6.04 Å². The summed E-state index contributed by atoms with van der Waals surface area (Å²) in [6.45, 7) is 4.03. The van der Waals surface area contributed by atoms with Crippen LogP contribution in [0.2, 0.25) is 0 Å². The van der Waals surface area contributed by atoms with E-state index in [1.807, 2.05) is 13.8 Å². The number of hydrogen-bond acceptors (Lipinski definition) is 2. The smallest absolute Gasteiger partial charge is 0.122 e. The minimum absolute atomic E-state index is 0.0446. The molecule has 0 aliphatic heterocycles. The zero-order valence-electron chi connectivity index (χ0n) is 5.61. The van der Waals surface area contributed by atoms with Gasteiger partial charge in [0.15, 0.2) is 0 Å². The van der Waals surface area contributed by atoms with Gasteiger partial charge in [-0.2, -0.15) is 0 Å². The molecule has 0 spiro atoms. The molecule has 0 saturated carbocycles. The van der Waals surface area contributed by atoms with Crippen LogP contribution >= 0.6 is 11.6 Å². The molecule has 0 aromatic heterocycles. The molecule has 0 rings (SSSR count). The topological polar surface area (TPSA) is 35.9 Å². The van der Waals surface area contributed by atoms with Crippen molar-refractivity contribution in [3.63, 3.8) is 0 Å². The maximum atomic E-state index is 6.78. The molecule has 0 atom stereocenters. The van der Waals surface area contributed by atoms with E-state index >= 15 is 0 Å². The van der Waals surface area contributed by atoms with Crippen LogP contribution in [0.25, 0.3) is 0 Å². The Kier molecular flexibility index (Phi) is 4.14. The highest BCUT2D eigenvalue weighted by molar-refractivity contribution is 6.67. The molecular formula is C6H11ClN2. The van der Waals surface area contributed by atoms with E-state index in [2.05, 4.69) is 5.32 Å². The monoisotopic (exact) mass is 146 g/mol. The molecule has 0 radical (unpaired) electrons. The Morgan fingerprint density at radius 1 is 1.67 bits per heavy atom. The summed E-state index contributed by atoms with van der Waals surface area (Å²) in [5.41, 5.74) is 0. The van der Waals surface area contributed by atoms with E-state index in [0.717, 1.165) is 0 Å².